The molecule has 1 heterocycles. The van der Waals surface area contributed by atoms with Gasteiger partial charge in [-0.25, -0.2) is 9.97 Å². The molecule has 0 saturated heterocycles. The molecule has 8 heteroatoms. The summed E-state index contributed by atoms with van der Waals surface area (Å²) in [6.07, 6.45) is 3.98. The monoisotopic (exact) mass is 260 g/mol. The van der Waals surface area contributed by atoms with Crippen LogP contribution in [0.3, 0.4) is 0 Å². The number of carbonyl (C=O) groups is 1. The third kappa shape index (κ3) is 2.80. The first-order valence-corrected chi connectivity index (χ1v) is 5.11. The summed E-state index contributed by atoms with van der Waals surface area (Å²) in [5, 5.41) is 22.5. The Balaban J connectivity index is 2.33. The Morgan fingerprint density at radius 1 is 1.32 bits per heavy atom. The minimum Gasteiger partial charge on any atom is -0.508 e. The van der Waals surface area contributed by atoms with Crippen LogP contribution in [0.4, 0.5) is 11.4 Å². The topological polar surface area (TPSA) is 118 Å². The highest BCUT2D eigenvalue weighted by Gasteiger charge is 2.20. The summed E-state index contributed by atoms with van der Waals surface area (Å²) in [7, 11) is 0. The number of amides is 1. The molecule has 0 unspecified atom stereocenters. The average Bonchev–Trinajstić information content (AvgIpc) is 2.39. The van der Waals surface area contributed by atoms with Gasteiger partial charge in [0.25, 0.3) is 11.6 Å². The second kappa shape index (κ2) is 5.08. The van der Waals surface area contributed by atoms with Gasteiger partial charge in [-0.1, -0.05) is 0 Å². The number of hydrogen-bond donors (Lipinski definition) is 2. The van der Waals surface area contributed by atoms with E-state index in [0.29, 0.717) is 5.69 Å². The molecule has 0 atom stereocenters. The highest BCUT2D eigenvalue weighted by Crippen LogP contribution is 2.24. The Morgan fingerprint density at radius 3 is 2.63 bits per heavy atom. The molecule has 0 spiro atoms. The summed E-state index contributed by atoms with van der Waals surface area (Å²) in [6.45, 7) is 0. The number of phenols is 1. The van der Waals surface area contributed by atoms with Crippen molar-refractivity contribution in [3.8, 4) is 5.75 Å². The van der Waals surface area contributed by atoms with Crippen molar-refractivity contribution in [3.05, 3.63) is 52.6 Å². The van der Waals surface area contributed by atoms with Crippen molar-refractivity contribution < 1.29 is 14.8 Å². The molecule has 1 amide bonds. The number of aromatic nitrogens is 2. The van der Waals surface area contributed by atoms with Gasteiger partial charge in [-0.3, -0.25) is 14.9 Å². The number of benzene rings is 1. The number of hydrogen-bond acceptors (Lipinski definition) is 6. The maximum absolute atomic E-state index is 11.9. The summed E-state index contributed by atoms with van der Waals surface area (Å²) in [5.74, 6) is -0.961. The predicted molar refractivity (Wildman–Crippen MR) is 64.7 cm³/mol. The third-order valence-electron chi connectivity index (χ3n) is 2.24. The molecule has 1 aromatic heterocycles. The molecule has 2 rings (SSSR count). The number of rotatable bonds is 3. The second-order valence-electron chi connectivity index (χ2n) is 3.54. The summed E-state index contributed by atoms with van der Waals surface area (Å²) in [5.41, 5.74) is -0.342. The minimum atomic E-state index is -0.725. The molecule has 0 aliphatic rings. The maximum Gasteiger partial charge on any atom is 0.282 e. The second-order valence-corrected chi connectivity index (χ2v) is 3.54. The van der Waals surface area contributed by atoms with Crippen LogP contribution in [0.15, 0.2) is 36.9 Å². The Kier molecular flexibility index (Phi) is 3.33. The van der Waals surface area contributed by atoms with E-state index in [1.165, 1.54) is 18.7 Å². The highest BCUT2D eigenvalue weighted by atomic mass is 16.6. The first-order chi connectivity index (χ1) is 9.08. The Hall–Kier alpha value is -3.03. The molecule has 2 N–H and O–H groups in total. The zero-order chi connectivity index (χ0) is 13.8. The van der Waals surface area contributed by atoms with Crippen molar-refractivity contribution in [1.82, 2.24) is 9.97 Å². The zero-order valence-electron chi connectivity index (χ0n) is 9.48. The van der Waals surface area contributed by atoms with Crippen molar-refractivity contribution in [1.29, 1.82) is 0 Å². The fourth-order valence-electron chi connectivity index (χ4n) is 1.43. The van der Waals surface area contributed by atoms with Gasteiger partial charge in [-0.15, -0.1) is 0 Å². The molecule has 96 valence electrons. The molecule has 2 aromatic rings. The Bertz CT molecular complexity index is 630. The summed E-state index contributed by atoms with van der Waals surface area (Å²) >= 11 is 0. The number of phenolic OH excluding ortho intramolecular Hbond substituents is 1. The van der Waals surface area contributed by atoms with Crippen LogP contribution in [-0.4, -0.2) is 25.9 Å². The smallest absolute Gasteiger partial charge is 0.282 e. The quantitative estimate of drug-likeness (QED) is 0.635. The number of carbonyl (C=O) groups excluding carboxylic acids is 1. The summed E-state index contributed by atoms with van der Waals surface area (Å²) < 4.78 is 0. The van der Waals surface area contributed by atoms with Crippen LogP contribution in [0.5, 0.6) is 5.75 Å². The summed E-state index contributed by atoms with van der Waals surface area (Å²) in [4.78, 5) is 29.4. The van der Waals surface area contributed by atoms with Crippen LogP contribution in [0.1, 0.15) is 10.4 Å². The SMILES string of the molecule is O=C(Nc1cncnc1)c1cc(O)ccc1[N+](=O)[O-]. The van der Waals surface area contributed by atoms with Gasteiger partial charge in [0.1, 0.15) is 17.6 Å². The lowest BCUT2D eigenvalue weighted by molar-refractivity contribution is -0.385. The largest absolute Gasteiger partial charge is 0.508 e. The van der Waals surface area contributed by atoms with E-state index in [1.807, 2.05) is 0 Å². The lowest BCUT2D eigenvalue weighted by Gasteiger charge is -2.05. The van der Waals surface area contributed by atoms with Gasteiger partial charge in [-0.2, -0.15) is 0 Å². The van der Waals surface area contributed by atoms with Crippen LogP contribution >= 0.6 is 0 Å². The number of nitrogens with one attached hydrogen (secondary N) is 1. The van der Waals surface area contributed by atoms with E-state index in [1.54, 1.807) is 0 Å². The highest BCUT2D eigenvalue weighted by molar-refractivity contribution is 6.07. The van der Waals surface area contributed by atoms with E-state index in [4.69, 9.17) is 0 Å². The fourth-order valence-corrected chi connectivity index (χ4v) is 1.43. The molecular formula is C11H8N4O4. The normalized spacial score (nSPS) is 9.89. The molecule has 0 aliphatic carbocycles. The molecular weight excluding hydrogens is 252 g/mol. The number of nitrogens with zero attached hydrogens (tertiary/aromatic N) is 3. The summed E-state index contributed by atoms with van der Waals surface area (Å²) in [6, 6.07) is 3.23. The van der Waals surface area contributed by atoms with Crippen molar-refractivity contribution in [3.63, 3.8) is 0 Å². The maximum atomic E-state index is 11.9. The minimum absolute atomic E-state index is 0.236. The third-order valence-corrected chi connectivity index (χ3v) is 2.24. The average molecular weight is 260 g/mol. The van der Waals surface area contributed by atoms with Gasteiger partial charge in [-0.05, 0) is 12.1 Å². The molecule has 0 bridgehead atoms. The number of nitro groups is 1. The lowest BCUT2D eigenvalue weighted by Crippen LogP contribution is -2.14. The van der Waals surface area contributed by atoms with Crippen LogP contribution in [0.25, 0.3) is 0 Å². The van der Waals surface area contributed by atoms with Crippen LogP contribution in [0, 0.1) is 10.1 Å². The van der Waals surface area contributed by atoms with E-state index >= 15 is 0 Å². The van der Waals surface area contributed by atoms with Crippen LogP contribution in [0.2, 0.25) is 0 Å². The van der Waals surface area contributed by atoms with Gasteiger partial charge in [0.2, 0.25) is 0 Å². The van der Waals surface area contributed by atoms with E-state index in [9.17, 15) is 20.0 Å². The molecule has 0 radical (unpaired) electrons. The van der Waals surface area contributed by atoms with Crippen molar-refractivity contribution in [2.75, 3.05) is 5.32 Å². The van der Waals surface area contributed by atoms with E-state index in [2.05, 4.69) is 15.3 Å². The standard InChI is InChI=1S/C11H8N4O4/c16-8-1-2-10(15(18)19)9(3-8)11(17)14-7-4-12-6-13-5-7/h1-6,16H,(H,14,17). The van der Waals surface area contributed by atoms with Crippen molar-refractivity contribution in [2.24, 2.45) is 0 Å². The molecule has 0 aliphatic heterocycles. The number of anilines is 1. The number of aromatic hydroxyl groups is 1. The van der Waals surface area contributed by atoms with E-state index in [0.717, 1.165) is 18.2 Å². The van der Waals surface area contributed by atoms with Gasteiger partial charge < -0.3 is 10.4 Å². The van der Waals surface area contributed by atoms with Crippen molar-refractivity contribution >= 4 is 17.3 Å². The van der Waals surface area contributed by atoms with Gasteiger partial charge >= 0.3 is 0 Å². The van der Waals surface area contributed by atoms with Gasteiger partial charge in [0.05, 0.1) is 23.0 Å². The first kappa shape index (κ1) is 12.4. The lowest BCUT2D eigenvalue weighted by atomic mass is 10.1. The molecule has 0 saturated carbocycles. The van der Waals surface area contributed by atoms with Gasteiger partial charge in [0.15, 0.2) is 0 Å². The van der Waals surface area contributed by atoms with E-state index in [-0.39, 0.29) is 11.3 Å². The van der Waals surface area contributed by atoms with Crippen LogP contribution in [-0.2, 0) is 0 Å². The van der Waals surface area contributed by atoms with Gasteiger partial charge in [0, 0.05) is 6.07 Å². The van der Waals surface area contributed by atoms with Crippen molar-refractivity contribution in [2.45, 2.75) is 0 Å². The molecule has 1 aromatic carbocycles. The van der Waals surface area contributed by atoms with Crippen LogP contribution < -0.4 is 5.32 Å². The number of nitro benzene ring substituents is 1. The Morgan fingerprint density at radius 2 is 2.00 bits per heavy atom. The molecule has 19 heavy (non-hydrogen) atoms. The first-order valence-electron chi connectivity index (χ1n) is 5.11. The fraction of sp³-hybridized carbons (Fsp3) is 0. The van der Waals surface area contributed by atoms with E-state index < -0.39 is 16.5 Å². The Labute approximate surface area is 106 Å². The molecule has 8 nitrogen and oxygen atoms in total. The predicted octanol–water partition coefficient (Wildman–Crippen LogP) is 1.34. The zero-order valence-corrected chi connectivity index (χ0v) is 9.48. The molecule has 0 fully saturated rings.